The molecule has 1 unspecified atom stereocenters. The van der Waals surface area contributed by atoms with Gasteiger partial charge in [-0.05, 0) is 44.0 Å². The van der Waals surface area contributed by atoms with Gasteiger partial charge in [-0.3, -0.25) is 0 Å². The first-order valence-corrected chi connectivity index (χ1v) is 7.26. The predicted molar refractivity (Wildman–Crippen MR) is 64.3 cm³/mol. The summed E-state index contributed by atoms with van der Waals surface area (Å²) in [4.78, 5) is 0.446. The highest BCUT2D eigenvalue weighted by atomic mass is 32.2. The third-order valence-corrected chi connectivity index (χ3v) is 4.74. The van der Waals surface area contributed by atoms with Crippen molar-refractivity contribution in [2.24, 2.45) is 0 Å². The van der Waals surface area contributed by atoms with Crippen LogP contribution in [0.4, 0.5) is 0 Å². The summed E-state index contributed by atoms with van der Waals surface area (Å²) >= 11 is 0. The van der Waals surface area contributed by atoms with Gasteiger partial charge in [0.25, 0.3) is 0 Å². The monoisotopic (exact) mass is 239 g/mol. The van der Waals surface area contributed by atoms with Gasteiger partial charge in [0.05, 0.1) is 10.6 Å². The highest BCUT2D eigenvalue weighted by Gasteiger charge is 2.23. The van der Waals surface area contributed by atoms with E-state index in [2.05, 4.69) is 5.32 Å². The summed E-state index contributed by atoms with van der Waals surface area (Å²) in [6, 6.07) is 7.25. The minimum Gasteiger partial charge on any atom is -0.313 e. The van der Waals surface area contributed by atoms with Crippen LogP contribution in [0.2, 0.25) is 0 Å². The Labute approximate surface area is 96.8 Å². The zero-order valence-corrected chi connectivity index (χ0v) is 10.3. The summed E-state index contributed by atoms with van der Waals surface area (Å²) in [7, 11) is -3.13. The van der Waals surface area contributed by atoms with Gasteiger partial charge in [-0.2, -0.15) is 0 Å². The first-order valence-electron chi connectivity index (χ1n) is 5.61. The number of aryl methyl sites for hydroxylation is 1. The number of rotatable bonds is 3. The molecule has 0 radical (unpaired) electrons. The zero-order chi connectivity index (χ0) is 11.6. The fourth-order valence-electron chi connectivity index (χ4n) is 2.07. The Morgan fingerprint density at radius 3 is 2.88 bits per heavy atom. The van der Waals surface area contributed by atoms with E-state index in [9.17, 15) is 8.42 Å². The van der Waals surface area contributed by atoms with Crippen LogP contribution in [0.25, 0.3) is 0 Å². The SMILES string of the molecule is Cc1cccc(S(=O)(=O)CC2CCCN2)c1. The molecule has 1 N–H and O–H groups in total. The van der Waals surface area contributed by atoms with E-state index in [1.54, 1.807) is 18.2 Å². The van der Waals surface area contributed by atoms with E-state index in [0.717, 1.165) is 24.9 Å². The first-order chi connectivity index (χ1) is 7.58. The molecule has 1 aromatic carbocycles. The summed E-state index contributed by atoms with van der Waals surface area (Å²) < 4.78 is 24.2. The molecule has 0 spiro atoms. The van der Waals surface area contributed by atoms with E-state index < -0.39 is 9.84 Å². The van der Waals surface area contributed by atoms with Crippen molar-refractivity contribution in [3.63, 3.8) is 0 Å². The first kappa shape index (κ1) is 11.6. The quantitative estimate of drug-likeness (QED) is 0.870. The van der Waals surface area contributed by atoms with Crippen LogP contribution in [-0.4, -0.2) is 26.8 Å². The molecule has 0 aromatic heterocycles. The van der Waals surface area contributed by atoms with Gasteiger partial charge in [-0.1, -0.05) is 12.1 Å². The Morgan fingerprint density at radius 2 is 2.25 bits per heavy atom. The molecule has 0 saturated carbocycles. The number of sulfone groups is 1. The maximum Gasteiger partial charge on any atom is 0.179 e. The van der Waals surface area contributed by atoms with E-state index >= 15 is 0 Å². The van der Waals surface area contributed by atoms with Crippen molar-refractivity contribution in [3.05, 3.63) is 29.8 Å². The molecule has 1 saturated heterocycles. The van der Waals surface area contributed by atoms with Gasteiger partial charge in [0.1, 0.15) is 0 Å². The fraction of sp³-hybridized carbons (Fsp3) is 0.500. The molecular formula is C12H17NO2S. The maximum absolute atomic E-state index is 12.1. The molecule has 1 atom stereocenters. The van der Waals surface area contributed by atoms with E-state index in [-0.39, 0.29) is 11.8 Å². The van der Waals surface area contributed by atoms with E-state index in [1.165, 1.54) is 0 Å². The average molecular weight is 239 g/mol. The molecule has 1 fully saturated rings. The van der Waals surface area contributed by atoms with Crippen molar-refractivity contribution in [1.82, 2.24) is 5.32 Å². The molecule has 1 aromatic rings. The van der Waals surface area contributed by atoms with Crippen LogP contribution in [0.3, 0.4) is 0 Å². The molecule has 88 valence electrons. The van der Waals surface area contributed by atoms with Crippen molar-refractivity contribution >= 4 is 9.84 Å². The number of benzene rings is 1. The van der Waals surface area contributed by atoms with Crippen LogP contribution in [0, 0.1) is 6.92 Å². The van der Waals surface area contributed by atoms with E-state index in [1.807, 2.05) is 13.0 Å². The van der Waals surface area contributed by atoms with Crippen molar-refractivity contribution in [1.29, 1.82) is 0 Å². The van der Waals surface area contributed by atoms with Crippen molar-refractivity contribution in [2.75, 3.05) is 12.3 Å². The van der Waals surface area contributed by atoms with Gasteiger partial charge in [-0.15, -0.1) is 0 Å². The smallest absolute Gasteiger partial charge is 0.179 e. The average Bonchev–Trinajstić information content (AvgIpc) is 2.70. The predicted octanol–water partition coefficient (Wildman–Crippen LogP) is 1.52. The number of hydrogen-bond acceptors (Lipinski definition) is 3. The summed E-state index contributed by atoms with van der Waals surface area (Å²) in [5.74, 6) is 0.219. The Balaban J connectivity index is 2.18. The van der Waals surface area contributed by atoms with Crippen LogP contribution in [0.15, 0.2) is 29.2 Å². The topological polar surface area (TPSA) is 46.2 Å². The van der Waals surface area contributed by atoms with Crippen LogP contribution in [-0.2, 0) is 9.84 Å². The third kappa shape index (κ3) is 2.62. The molecule has 2 rings (SSSR count). The summed E-state index contributed by atoms with van der Waals surface area (Å²) in [5, 5.41) is 3.22. The summed E-state index contributed by atoms with van der Waals surface area (Å²) in [6.07, 6.45) is 2.04. The van der Waals surface area contributed by atoms with Gasteiger partial charge < -0.3 is 5.32 Å². The molecule has 0 amide bonds. The van der Waals surface area contributed by atoms with Crippen LogP contribution in [0.1, 0.15) is 18.4 Å². The van der Waals surface area contributed by atoms with Gasteiger partial charge in [0, 0.05) is 6.04 Å². The number of nitrogens with one attached hydrogen (secondary N) is 1. The highest BCUT2D eigenvalue weighted by Crippen LogP contribution is 2.16. The second-order valence-electron chi connectivity index (χ2n) is 4.39. The fourth-order valence-corrected chi connectivity index (χ4v) is 3.73. The van der Waals surface area contributed by atoms with Crippen molar-refractivity contribution in [2.45, 2.75) is 30.7 Å². The Hall–Kier alpha value is -0.870. The van der Waals surface area contributed by atoms with Gasteiger partial charge in [-0.25, -0.2) is 8.42 Å². The minimum absolute atomic E-state index is 0.130. The Morgan fingerprint density at radius 1 is 1.44 bits per heavy atom. The second-order valence-corrected chi connectivity index (χ2v) is 6.43. The molecule has 4 heteroatoms. The number of hydrogen-bond donors (Lipinski definition) is 1. The minimum atomic E-state index is -3.13. The van der Waals surface area contributed by atoms with Gasteiger partial charge >= 0.3 is 0 Å². The zero-order valence-electron chi connectivity index (χ0n) is 9.44. The molecule has 1 aliphatic heterocycles. The molecule has 1 aliphatic rings. The molecule has 16 heavy (non-hydrogen) atoms. The lowest BCUT2D eigenvalue weighted by atomic mass is 10.2. The Kier molecular flexibility index (Phi) is 3.30. The van der Waals surface area contributed by atoms with Gasteiger partial charge in [0.15, 0.2) is 9.84 Å². The lowest BCUT2D eigenvalue weighted by molar-refractivity contribution is 0.577. The summed E-state index contributed by atoms with van der Waals surface area (Å²) in [5.41, 5.74) is 0.987. The second kappa shape index (κ2) is 4.55. The third-order valence-electron chi connectivity index (χ3n) is 2.93. The Bertz CT molecular complexity index is 462. The molecule has 3 nitrogen and oxygen atoms in total. The van der Waals surface area contributed by atoms with Crippen molar-refractivity contribution in [3.8, 4) is 0 Å². The molecule has 0 aliphatic carbocycles. The molecule has 0 bridgehead atoms. The normalized spacial score (nSPS) is 21.2. The lowest BCUT2D eigenvalue weighted by Gasteiger charge is -2.11. The summed E-state index contributed by atoms with van der Waals surface area (Å²) in [6.45, 7) is 2.85. The van der Waals surface area contributed by atoms with Crippen molar-refractivity contribution < 1.29 is 8.42 Å². The largest absolute Gasteiger partial charge is 0.313 e. The van der Waals surface area contributed by atoms with Gasteiger partial charge in [0.2, 0.25) is 0 Å². The standard InChI is InChI=1S/C12H17NO2S/c1-10-4-2-6-12(8-10)16(14,15)9-11-5-3-7-13-11/h2,4,6,8,11,13H,3,5,7,9H2,1H3. The maximum atomic E-state index is 12.1. The van der Waals surface area contributed by atoms with Crippen LogP contribution in [0.5, 0.6) is 0 Å². The van der Waals surface area contributed by atoms with Crippen LogP contribution < -0.4 is 5.32 Å². The molecular weight excluding hydrogens is 222 g/mol. The lowest BCUT2D eigenvalue weighted by Crippen LogP contribution is -2.29. The highest BCUT2D eigenvalue weighted by molar-refractivity contribution is 7.91. The van der Waals surface area contributed by atoms with E-state index in [0.29, 0.717) is 4.90 Å². The molecule has 1 heterocycles. The van der Waals surface area contributed by atoms with E-state index in [4.69, 9.17) is 0 Å². The van der Waals surface area contributed by atoms with Crippen LogP contribution >= 0.6 is 0 Å².